The van der Waals surface area contributed by atoms with Crippen LogP contribution in [0, 0.1) is 18.8 Å². The molecule has 1 rings (SSSR count). The van der Waals surface area contributed by atoms with Crippen molar-refractivity contribution in [2.45, 2.75) is 19.8 Å². The Morgan fingerprint density at radius 3 is 2.95 bits per heavy atom. The second-order valence-electron chi connectivity index (χ2n) is 4.36. The third-order valence-corrected chi connectivity index (χ3v) is 3.55. The lowest BCUT2D eigenvalue weighted by Gasteiger charge is -2.08. The molecule has 0 saturated heterocycles. The van der Waals surface area contributed by atoms with E-state index < -0.39 is 0 Å². The fourth-order valence-electron chi connectivity index (χ4n) is 1.74. The van der Waals surface area contributed by atoms with E-state index in [2.05, 4.69) is 23.4 Å². The molecular weight excluding hydrogens is 270 g/mol. The zero-order chi connectivity index (χ0) is 14.8. The van der Waals surface area contributed by atoms with Gasteiger partial charge in [-0.1, -0.05) is 17.9 Å². The normalized spacial score (nSPS) is 9.75. The molecular formula is C16H21NO2S. The predicted octanol–water partition coefficient (Wildman–Crippen LogP) is 2.21. The molecule has 0 aliphatic carbocycles. The van der Waals surface area contributed by atoms with Crippen LogP contribution in [0.4, 0.5) is 0 Å². The van der Waals surface area contributed by atoms with Crippen LogP contribution < -0.4 is 5.32 Å². The molecule has 0 unspecified atom stereocenters. The number of carbonyl (C=O) groups is 1. The van der Waals surface area contributed by atoms with Crippen LogP contribution in [0.1, 0.15) is 34.3 Å². The lowest BCUT2D eigenvalue weighted by molar-refractivity contribution is 0.0953. The summed E-state index contributed by atoms with van der Waals surface area (Å²) in [5.74, 6) is 6.88. The molecule has 4 heteroatoms. The molecule has 108 valence electrons. The summed E-state index contributed by atoms with van der Waals surface area (Å²) in [6.07, 6.45) is 3.48. The van der Waals surface area contributed by atoms with E-state index in [9.17, 15) is 4.79 Å². The monoisotopic (exact) mass is 291 g/mol. The molecule has 0 aromatic heterocycles. The lowest BCUT2D eigenvalue weighted by atomic mass is 10.0. The summed E-state index contributed by atoms with van der Waals surface area (Å²) >= 11 is 1.78. The Balaban J connectivity index is 2.73. The summed E-state index contributed by atoms with van der Waals surface area (Å²) in [6, 6.07) is 5.55. The second-order valence-corrected chi connectivity index (χ2v) is 5.34. The third-order valence-electron chi connectivity index (χ3n) is 2.85. The molecule has 0 spiro atoms. The summed E-state index contributed by atoms with van der Waals surface area (Å²) < 4.78 is 0. The number of rotatable bonds is 6. The Labute approximate surface area is 125 Å². The number of thioether (sulfide) groups is 1. The molecule has 20 heavy (non-hydrogen) atoms. The quantitative estimate of drug-likeness (QED) is 0.624. The molecule has 3 nitrogen and oxygen atoms in total. The first-order chi connectivity index (χ1) is 9.70. The SMILES string of the molecule is CSCCCNC(=O)c1cccc(C#CCCO)c1C. The predicted molar refractivity (Wildman–Crippen MR) is 85.1 cm³/mol. The van der Waals surface area contributed by atoms with Crippen molar-refractivity contribution in [3.05, 3.63) is 34.9 Å². The molecule has 1 aromatic rings. The first-order valence-corrected chi connectivity index (χ1v) is 8.06. The lowest BCUT2D eigenvalue weighted by Crippen LogP contribution is -2.25. The number of carbonyl (C=O) groups excluding carboxylic acids is 1. The van der Waals surface area contributed by atoms with Crippen molar-refractivity contribution in [1.29, 1.82) is 0 Å². The van der Waals surface area contributed by atoms with E-state index in [1.165, 1.54) is 0 Å². The highest BCUT2D eigenvalue weighted by Crippen LogP contribution is 2.13. The van der Waals surface area contributed by atoms with Gasteiger partial charge in [0.1, 0.15) is 0 Å². The van der Waals surface area contributed by atoms with Crippen LogP contribution in [0.2, 0.25) is 0 Å². The average molecular weight is 291 g/mol. The Hall–Kier alpha value is -1.44. The van der Waals surface area contributed by atoms with Crippen molar-refractivity contribution in [3.8, 4) is 11.8 Å². The van der Waals surface area contributed by atoms with E-state index in [0.717, 1.165) is 23.3 Å². The molecule has 0 aliphatic heterocycles. The smallest absolute Gasteiger partial charge is 0.251 e. The highest BCUT2D eigenvalue weighted by atomic mass is 32.2. The van der Waals surface area contributed by atoms with Gasteiger partial charge in [-0.3, -0.25) is 4.79 Å². The summed E-state index contributed by atoms with van der Waals surface area (Å²) in [6.45, 7) is 2.65. The van der Waals surface area contributed by atoms with E-state index in [1.807, 2.05) is 25.1 Å². The maximum atomic E-state index is 12.1. The minimum atomic E-state index is -0.0468. The number of aliphatic hydroxyl groups excluding tert-OH is 1. The molecule has 1 aromatic carbocycles. The van der Waals surface area contributed by atoms with Crippen molar-refractivity contribution in [2.24, 2.45) is 0 Å². The molecule has 0 radical (unpaired) electrons. The summed E-state index contributed by atoms with van der Waals surface area (Å²) in [4.78, 5) is 12.1. The molecule has 0 heterocycles. The van der Waals surface area contributed by atoms with Crippen molar-refractivity contribution in [2.75, 3.05) is 25.2 Å². The Kier molecular flexibility index (Phi) is 7.86. The summed E-state index contributed by atoms with van der Waals surface area (Å²) in [7, 11) is 0. The maximum absolute atomic E-state index is 12.1. The fourth-order valence-corrected chi connectivity index (χ4v) is 2.18. The van der Waals surface area contributed by atoms with Crippen molar-refractivity contribution in [3.63, 3.8) is 0 Å². The number of amides is 1. The van der Waals surface area contributed by atoms with Gasteiger partial charge in [-0.05, 0) is 43.0 Å². The van der Waals surface area contributed by atoms with Gasteiger partial charge in [-0.25, -0.2) is 0 Å². The molecule has 1 amide bonds. The van der Waals surface area contributed by atoms with Crippen molar-refractivity contribution in [1.82, 2.24) is 5.32 Å². The van der Waals surface area contributed by atoms with E-state index in [1.54, 1.807) is 11.8 Å². The van der Waals surface area contributed by atoms with Crippen LogP contribution in [0.3, 0.4) is 0 Å². The number of hydrogen-bond acceptors (Lipinski definition) is 3. The zero-order valence-electron chi connectivity index (χ0n) is 12.0. The molecule has 0 saturated carbocycles. The van der Waals surface area contributed by atoms with Crippen LogP contribution in [-0.2, 0) is 0 Å². The standard InChI is InChI=1S/C16H21NO2S/c1-13-14(7-3-4-11-18)8-5-9-15(13)16(19)17-10-6-12-20-2/h5,8-9,18H,4,6,10-12H2,1-2H3,(H,17,19). The third kappa shape index (κ3) is 5.28. The van der Waals surface area contributed by atoms with Gasteiger partial charge < -0.3 is 10.4 Å². The minimum Gasteiger partial charge on any atom is -0.395 e. The Bertz CT molecular complexity index is 503. The first kappa shape index (κ1) is 16.6. The average Bonchev–Trinajstić information content (AvgIpc) is 2.45. The molecule has 0 bridgehead atoms. The summed E-state index contributed by atoms with van der Waals surface area (Å²) in [5.41, 5.74) is 2.40. The fraction of sp³-hybridized carbons (Fsp3) is 0.438. The van der Waals surface area contributed by atoms with Crippen molar-refractivity contribution < 1.29 is 9.90 Å². The van der Waals surface area contributed by atoms with Crippen LogP contribution in [-0.4, -0.2) is 36.2 Å². The molecule has 0 fully saturated rings. The van der Waals surface area contributed by atoms with Gasteiger partial charge in [0.2, 0.25) is 0 Å². The van der Waals surface area contributed by atoms with Gasteiger partial charge in [0.25, 0.3) is 5.91 Å². The molecule has 0 atom stereocenters. The van der Waals surface area contributed by atoms with Crippen LogP contribution >= 0.6 is 11.8 Å². The number of benzene rings is 1. The number of aliphatic hydroxyl groups is 1. The van der Waals surface area contributed by atoms with E-state index >= 15 is 0 Å². The largest absolute Gasteiger partial charge is 0.395 e. The van der Waals surface area contributed by atoms with Crippen LogP contribution in [0.5, 0.6) is 0 Å². The van der Waals surface area contributed by atoms with Gasteiger partial charge in [-0.2, -0.15) is 11.8 Å². The van der Waals surface area contributed by atoms with Gasteiger partial charge >= 0.3 is 0 Å². The van der Waals surface area contributed by atoms with E-state index in [4.69, 9.17) is 5.11 Å². The highest BCUT2D eigenvalue weighted by Gasteiger charge is 2.09. The van der Waals surface area contributed by atoms with E-state index in [-0.39, 0.29) is 12.5 Å². The molecule has 0 aliphatic rings. The molecule has 2 N–H and O–H groups in total. The van der Waals surface area contributed by atoms with Crippen molar-refractivity contribution >= 4 is 17.7 Å². The van der Waals surface area contributed by atoms with Gasteiger partial charge in [-0.15, -0.1) is 0 Å². The summed E-state index contributed by atoms with van der Waals surface area (Å²) in [5, 5.41) is 11.7. The maximum Gasteiger partial charge on any atom is 0.251 e. The Morgan fingerprint density at radius 1 is 1.45 bits per heavy atom. The topological polar surface area (TPSA) is 49.3 Å². The van der Waals surface area contributed by atoms with E-state index in [0.29, 0.717) is 18.5 Å². The van der Waals surface area contributed by atoms with Gasteiger partial charge in [0, 0.05) is 24.1 Å². The number of nitrogens with one attached hydrogen (secondary N) is 1. The number of hydrogen-bond donors (Lipinski definition) is 2. The van der Waals surface area contributed by atoms with Gasteiger partial charge in [0.15, 0.2) is 0 Å². The zero-order valence-corrected chi connectivity index (χ0v) is 12.8. The van der Waals surface area contributed by atoms with Gasteiger partial charge in [0.05, 0.1) is 6.61 Å². The second kappa shape index (κ2) is 9.46. The first-order valence-electron chi connectivity index (χ1n) is 6.67. The highest BCUT2D eigenvalue weighted by molar-refractivity contribution is 7.98. The van der Waals surface area contributed by atoms with Crippen LogP contribution in [0.25, 0.3) is 0 Å². The van der Waals surface area contributed by atoms with Crippen LogP contribution in [0.15, 0.2) is 18.2 Å². The Morgan fingerprint density at radius 2 is 2.25 bits per heavy atom. The minimum absolute atomic E-state index is 0.0468.